The lowest BCUT2D eigenvalue weighted by molar-refractivity contribution is -0.144. The summed E-state index contributed by atoms with van der Waals surface area (Å²) in [6, 6.07) is 11.7. The minimum atomic E-state index is -1.07. The van der Waals surface area contributed by atoms with E-state index in [0.29, 0.717) is 82.3 Å². The molecule has 4 aliphatic rings. The van der Waals surface area contributed by atoms with Crippen LogP contribution in [0.2, 0.25) is 0 Å². The number of carbonyl (C=O) groups excluding carboxylic acids is 4. The number of unbranched alkanes of at least 4 members (excludes halogenated alkanes) is 1. The van der Waals surface area contributed by atoms with Crippen LogP contribution in [0.1, 0.15) is 68.6 Å². The van der Waals surface area contributed by atoms with Crippen LogP contribution >= 0.6 is 0 Å². The molecule has 1 atom stereocenters. The Bertz CT molecular complexity index is 1940. The summed E-state index contributed by atoms with van der Waals surface area (Å²) in [5.41, 5.74) is 4.45. The maximum absolute atomic E-state index is 14.3. The third-order valence-electron chi connectivity index (χ3n) is 12.1. The molecule has 3 aromatic rings. The van der Waals surface area contributed by atoms with Crippen LogP contribution in [0.4, 0.5) is 15.3 Å². The van der Waals surface area contributed by atoms with Crippen LogP contribution in [-0.4, -0.2) is 144 Å². The van der Waals surface area contributed by atoms with Crippen LogP contribution in [-0.2, 0) is 31.9 Å². The van der Waals surface area contributed by atoms with Gasteiger partial charge in [0.25, 0.3) is 5.91 Å². The number of aryl methyl sites for hydroxylation is 1. The smallest absolute Gasteiger partial charge is 0.417 e. The van der Waals surface area contributed by atoms with Gasteiger partial charge in [0.2, 0.25) is 0 Å². The van der Waals surface area contributed by atoms with Crippen molar-refractivity contribution in [1.82, 2.24) is 29.5 Å². The minimum absolute atomic E-state index is 0.0193. The number of anilines is 1. The highest BCUT2D eigenvalue weighted by atomic mass is 16.6. The molecule has 15 heteroatoms. The van der Waals surface area contributed by atoms with E-state index in [9.17, 15) is 24.0 Å². The highest BCUT2D eigenvalue weighted by Crippen LogP contribution is 2.26. The number of hydrogen-bond acceptors (Lipinski definition) is 10. The molecule has 3 fully saturated rings. The van der Waals surface area contributed by atoms with Gasteiger partial charge in [0.1, 0.15) is 0 Å². The number of likely N-dealkylation sites (tertiary alicyclic amines) is 2. The third-order valence-corrected chi connectivity index (χ3v) is 12.1. The van der Waals surface area contributed by atoms with Crippen molar-refractivity contribution in [3.8, 4) is 0 Å². The molecule has 0 bridgehead atoms. The Morgan fingerprint density at radius 2 is 1.63 bits per heavy atom. The molecule has 2 N–H and O–H groups in total. The van der Waals surface area contributed by atoms with E-state index in [1.807, 2.05) is 42.2 Å². The SMILES string of the molecule is CCCCOC(=O)CCN1CCC(N2CCN(C(=O)[C@@H](Cc3cc(C)c4[nH]c(=O)oc4c3)OC(=O)N3CCC(N4CCc5ccccc5NC4=O)CC3)CC2)CC1. The minimum Gasteiger partial charge on any atom is -0.466 e. The highest BCUT2D eigenvalue weighted by Gasteiger charge is 2.36. The predicted octanol–water partition coefficient (Wildman–Crippen LogP) is 4.37. The topological polar surface area (TPSA) is 161 Å². The molecule has 0 radical (unpaired) electrons. The molecule has 57 heavy (non-hydrogen) atoms. The molecule has 0 aliphatic carbocycles. The van der Waals surface area contributed by atoms with Gasteiger partial charge in [-0.15, -0.1) is 0 Å². The van der Waals surface area contributed by atoms with E-state index in [1.54, 1.807) is 15.9 Å². The van der Waals surface area contributed by atoms with E-state index >= 15 is 0 Å². The van der Waals surface area contributed by atoms with Crippen molar-refractivity contribution in [3.63, 3.8) is 0 Å². The Balaban J connectivity index is 0.941. The number of ether oxygens (including phenoxy) is 2. The maximum atomic E-state index is 14.3. The summed E-state index contributed by atoms with van der Waals surface area (Å²) >= 11 is 0. The van der Waals surface area contributed by atoms with Crippen molar-refractivity contribution in [2.75, 3.05) is 77.4 Å². The number of amides is 4. The van der Waals surface area contributed by atoms with E-state index in [2.05, 4.69) is 27.0 Å². The summed E-state index contributed by atoms with van der Waals surface area (Å²) in [5, 5.41) is 3.04. The third kappa shape index (κ3) is 9.98. The summed E-state index contributed by atoms with van der Waals surface area (Å²) in [4.78, 5) is 78.1. The van der Waals surface area contributed by atoms with Gasteiger partial charge >= 0.3 is 23.8 Å². The fraction of sp³-hybridized carbons (Fsp3) is 0.595. The van der Waals surface area contributed by atoms with Crippen molar-refractivity contribution < 1.29 is 33.1 Å². The normalized spacial score (nSPS) is 19.5. The fourth-order valence-electron chi connectivity index (χ4n) is 8.77. The molecule has 0 saturated carbocycles. The molecule has 4 aliphatic heterocycles. The maximum Gasteiger partial charge on any atom is 0.417 e. The lowest BCUT2D eigenvalue weighted by atomic mass is 10.0. The first-order valence-corrected chi connectivity index (χ1v) is 20.8. The second-order valence-electron chi connectivity index (χ2n) is 15.9. The highest BCUT2D eigenvalue weighted by molar-refractivity contribution is 5.91. The number of oxazole rings is 1. The number of carbonyl (C=O) groups is 4. The van der Waals surface area contributed by atoms with Crippen molar-refractivity contribution in [2.24, 2.45) is 0 Å². The van der Waals surface area contributed by atoms with Gasteiger partial charge in [0.05, 0.1) is 18.5 Å². The molecule has 2 aromatic carbocycles. The summed E-state index contributed by atoms with van der Waals surface area (Å²) in [6.45, 7) is 10.9. The van der Waals surface area contributed by atoms with E-state index in [4.69, 9.17) is 13.9 Å². The predicted molar refractivity (Wildman–Crippen MR) is 214 cm³/mol. The van der Waals surface area contributed by atoms with E-state index in [1.165, 1.54) is 0 Å². The van der Waals surface area contributed by atoms with E-state index in [0.717, 1.165) is 80.7 Å². The molecule has 5 heterocycles. The van der Waals surface area contributed by atoms with E-state index in [-0.39, 0.29) is 30.4 Å². The van der Waals surface area contributed by atoms with Crippen LogP contribution in [0.25, 0.3) is 11.1 Å². The van der Waals surface area contributed by atoms with Gasteiger partial charge in [-0.05, 0) is 87.4 Å². The molecule has 7 rings (SSSR count). The molecule has 15 nitrogen and oxygen atoms in total. The summed E-state index contributed by atoms with van der Waals surface area (Å²) in [7, 11) is 0. The first-order chi connectivity index (χ1) is 27.6. The molecule has 308 valence electrons. The van der Waals surface area contributed by atoms with Crippen LogP contribution in [0.5, 0.6) is 0 Å². The Kier molecular flexibility index (Phi) is 13.1. The van der Waals surface area contributed by atoms with Crippen LogP contribution in [0.3, 0.4) is 0 Å². The van der Waals surface area contributed by atoms with Gasteiger partial charge in [-0.1, -0.05) is 37.6 Å². The van der Waals surface area contributed by atoms with Gasteiger partial charge in [0.15, 0.2) is 11.7 Å². The number of H-pyrrole nitrogens is 1. The molecule has 4 amide bonds. The van der Waals surface area contributed by atoms with Gasteiger partial charge in [-0.2, -0.15) is 0 Å². The number of urea groups is 1. The number of rotatable bonds is 12. The molecule has 0 unspecified atom stereocenters. The first-order valence-electron chi connectivity index (χ1n) is 20.8. The monoisotopic (exact) mass is 787 g/mol. The Morgan fingerprint density at radius 3 is 2.39 bits per heavy atom. The van der Waals surface area contributed by atoms with Crippen molar-refractivity contribution in [3.05, 3.63) is 63.6 Å². The van der Waals surface area contributed by atoms with Gasteiger partial charge in [-0.3, -0.25) is 19.5 Å². The van der Waals surface area contributed by atoms with Crippen molar-refractivity contribution in [1.29, 1.82) is 0 Å². The molecule has 1 aromatic heterocycles. The summed E-state index contributed by atoms with van der Waals surface area (Å²) in [6.07, 6.45) is 4.79. The zero-order chi connectivity index (χ0) is 39.9. The largest absolute Gasteiger partial charge is 0.466 e. The standard InChI is InChI=1S/C42H57N7O8/c1-3-4-25-55-37(50)14-17-45-15-10-32(11-16-45)46-21-23-47(24-22-46)39(51)36(28-30-26-29(2)38-35(27-30)56-41(53)44-38)57-42(54)48-18-12-33(13-19-48)49-20-9-31-7-5-6-8-34(31)43-40(49)52/h5-8,26-27,32-33,36H,3-4,9-25,28H2,1-2H3,(H,43,52)(H,44,53)/t36-/m1/s1. The van der Waals surface area contributed by atoms with Crippen molar-refractivity contribution in [2.45, 2.75) is 89.8 Å². The Labute approximate surface area is 333 Å². The van der Waals surface area contributed by atoms with Gasteiger partial charge < -0.3 is 38.8 Å². The number of nitrogens with one attached hydrogen (secondary N) is 2. The molecular formula is C42H57N7O8. The number of benzene rings is 2. The number of nitrogens with zero attached hydrogens (tertiary/aromatic N) is 5. The first kappa shape index (κ1) is 40.3. The molecule has 0 spiro atoms. The van der Waals surface area contributed by atoms with Gasteiger partial charge in [0, 0.05) is 76.5 Å². The summed E-state index contributed by atoms with van der Waals surface area (Å²) < 4.78 is 16.8. The summed E-state index contributed by atoms with van der Waals surface area (Å²) in [5.74, 6) is -0.925. The zero-order valence-corrected chi connectivity index (χ0v) is 33.3. The lowest BCUT2D eigenvalue weighted by Gasteiger charge is -2.43. The number of piperazine rings is 1. The molecule has 3 saturated heterocycles. The van der Waals surface area contributed by atoms with Gasteiger partial charge in [-0.25, -0.2) is 14.4 Å². The Morgan fingerprint density at radius 1 is 0.895 bits per heavy atom. The molecular weight excluding hydrogens is 731 g/mol. The number of para-hydroxylation sites is 1. The average molecular weight is 788 g/mol. The average Bonchev–Trinajstić information content (AvgIpc) is 3.52. The van der Waals surface area contributed by atoms with E-state index < -0.39 is 18.0 Å². The second-order valence-corrected chi connectivity index (χ2v) is 15.9. The number of piperidine rings is 2. The zero-order valence-electron chi connectivity index (χ0n) is 33.3. The number of aromatic amines is 1. The number of esters is 1. The van der Waals surface area contributed by atoms with Crippen LogP contribution in [0, 0.1) is 6.92 Å². The quantitative estimate of drug-likeness (QED) is 0.199. The van der Waals surface area contributed by atoms with Crippen molar-refractivity contribution >= 4 is 40.8 Å². The fourth-order valence-corrected chi connectivity index (χ4v) is 8.77. The van der Waals surface area contributed by atoms with Crippen LogP contribution in [0.15, 0.2) is 45.6 Å². The number of fused-ring (bicyclic) bond motifs is 2. The second kappa shape index (κ2) is 18.6. The number of hydrogen-bond donors (Lipinski definition) is 2. The Hall–Kier alpha value is -4.89. The van der Waals surface area contributed by atoms with Crippen LogP contribution < -0.4 is 11.1 Å². The number of aromatic nitrogens is 1. The lowest BCUT2D eigenvalue weighted by Crippen LogP contribution is -2.56.